The second-order valence-corrected chi connectivity index (χ2v) is 9.59. The molecule has 1 fully saturated rings. The molecule has 2 aromatic rings. The quantitative estimate of drug-likeness (QED) is 0.700. The summed E-state index contributed by atoms with van der Waals surface area (Å²) in [6, 6.07) is 15.9. The number of piperazine rings is 1. The van der Waals surface area contributed by atoms with Gasteiger partial charge in [-0.05, 0) is 36.8 Å². The number of carbonyl (C=O) groups is 1. The van der Waals surface area contributed by atoms with Crippen LogP contribution >= 0.6 is 11.6 Å². The number of hydrogen-bond acceptors (Lipinski definition) is 4. The lowest BCUT2D eigenvalue weighted by atomic mass is 10.2. The Morgan fingerprint density at radius 1 is 1.03 bits per heavy atom. The van der Waals surface area contributed by atoms with E-state index in [-0.39, 0.29) is 5.91 Å². The molecule has 8 heteroatoms. The van der Waals surface area contributed by atoms with Crippen molar-refractivity contribution in [3.05, 3.63) is 65.2 Å². The van der Waals surface area contributed by atoms with Crippen molar-refractivity contribution in [2.24, 2.45) is 0 Å². The average Bonchev–Trinajstić information content (AvgIpc) is 2.69. The zero-order valence-corrected chi connectivity index (χ0v) is 18.2. The zero-order valence-electron chi connectivity index (χ0n) is 16.7. The Balaban J connectivity index is 1.66. The van der Waals surface area contributed by atoms with Gasteiger partial charge in [0.2, 0.25) is 15.9 Å². The first-order valence-corrected chi connectivity index (χ1v) is 11.8. The summed E-state index contributed by atoms with van der Waals surface area (Å²) in [4.78, 5) is 17.1. The molecule has 1 atom stereocenters. The summed E-state index contributed by atoms with van der Waals surface area (Å²) >= 11 is 5.92. The van der Waals surface area contributed by atoms with Gasteiger partial charge < -0.3 is 4.90 Å². The maximum Gasteiger partial charge on any atom is 0.246 e. The van der Waals surface area contributed by atoms with Crippen LogP contribution in [0.1, 0.15) is 12.5 Å². The molecule has 0 aliphatic carbocycles. The molecule has 0 unspecified atom stereocenters. The summed E-state index contributed by atoms with van der Waals surface area (Å²) in [5, 5.41) is 0.510. The standard InChI is InChI=1S/C21H26ClN3O3S/c1-17(25(29(2,27)28)20-10-8-19(22)9-11-20)21(26)24-14-12-23(13-15-24)16-18-6-4-3-5-7-18/h3-11,17H,12-16H2,1-2H3/t17-/m0/s1. The highest BCUT2D eigenvalue weighted by atomic mass is 35.5. The van der Waals surface area contributed by atoms with Crippen molar-refractivity contribution in [1.82, 2.24) is 9.80 Å². The van der Waals surface area contributed by atoms with Gasteiger partial charge in [-0.15, -0.1) is 0 Å². The Kier molecular flexibility index (Phi) is 6.82. The second-order valence-electron chi connectivity index (χ2n) is 7.30. The fraction of sp³-hybridized carbons (Fsp3) is 0.381. The summed E-state index contributed by atoms with van der Waals surface area (Å²) in [6.07, 6.45) is 1.11. The Morgan fingerprint density at radius 3 is 2.17 bits per heavy atom. The zero-order chi connectivity index (χ0) is 21.0. The van der Waals surface area contributed by atoms with Gasteiger partial charge in [0, 0.05) is 37.7 Å². The van der Waals surface area contributed by atoms with E-state index in [0.717, 1.165) is 25.9 Å². The third-order valence-corrected chi connectivity index (χ3v) is 6.57. The number of carbonyl (C=O) groups excluding carboxylic acids is 1. The third-order valence-electron chi connectivity index (χ3n) is 5.08. The second kappa shape index (κ2) is 9.15. The Bertz CT molecular complexity index is 927. The minimum atomic E-state index is -3.63. The molecule has 0 radical (unpaired) electrons. The lowest BCUT2D eigenvalue weighted by molar-refractivity contribution is -0.133. The van der Waals surface area contributed by atoms with Crippen LogP contribution < -0.4 is 4.31 Å². The van der Waals surface area contributed by atoms with Gasteiger partial charge in [0.1, 0.15) is 6.04 Å². The van der Waals surface area contributed by atoms with Crippen LogP contribution in [0.25, 0.3) is 0 Å². The molecule has 0 saturated carbocycles. The molecule has 0 N–H and O–H groups in total. The number of halogens is 1. The fourth-order valence-electron chi connectivity index (χ4n) is 3.62. The Hall–Kier alpha value is -2.09. The molecular weight excluding hydrogens is 410 g/mol. The molecular formula is C21H26ClN3O3S. The average molecular weight is 436 g/mol. The summed E-state index contributed by atoms with van der Waals surface area (Å²) in [6.45, 7) is 5.15. The molecule has 29 heavy (non-hydrogen) atoms. The minimum absolute atomic E-state index is 0.190. The monoisotopic (exact) mass is 435 g/mol. The molecule has 0 bridgehead atoms. The first kappa shape index (κ1) is 21.6. The summed E-state index contributed by atoms with van der Waals surface area (Å²) in [5.74, 6) is -0.190. The number of nitrogens with zero attached hydrogens (tertiary/aromatic N) is 3. The lowest BCUT2D eigenvalue weighted by Crippen LogP contribution is -2.55. The summed E-state index contributed by atoms with van der Waals surface area (Å²) in [5.41, 5.74) is 1.67. The van der Waals surface area contributed by atoms with E-state index in [9.17, 15) is 13.2 Å². The van der Waals surface area contributed by atoms with Crippen LogP contribution in [0.3, 0.4) is 0 Å². The number of rotatable bonds is 6. The number of anilines is 1. The third kappa shape index (κ3) is 5.50. The maximum atomic E-state index is 13.1. The summed E-state index contributed by atoms with van der Waals surface area (Å²) in [7, 11) is -3.63. The van der Waals surface area contributed by atoms with Gasteiger partial charge in [0.05, 0.1) is 11.9 Å². The molecule has 3 rings (SSSR count). The molecule has 0 spiro atoms. The summed E-state index contributed by atoms with van der Waals surface area (Å²) < 4.78 is 26.0. The van der Waals surface area contributed by atoms with Crippen LogP contribution in [0, 0.1) is 0 Å². The van der Waals surface area contributed by atoms with E-state index in [1.165, 1.54) is 9.87 Å². The van der Waals surface area contributed by atoms with Gasteiger partial charge >= 0.3 is 0 Å². The molecule has 156 valence electrons. The van der Waals surface area contributed by atoms with Gasteiger partial charge in [-0.25, -0.2) is 8.42 Å². The first-order valence-electron chi connectivity index (χ1n) is 9.56. The van der Waals surface area contributed by atoms with Gasteiger partial charge in [-0.2, -0.15) is 0 Å². The SMILES string of the molecule is C[C@@H](C(=O)N1CCN(Cc2ccccc2)CC1)N(c1ccc(Cl)cc1)S(C)(=O)=O. The van der Waals surface area contributed by atoms with Crippen molar-refractivity contribution in [1.29, 1.82) is 0 Å². The van der Waals surface area contributed by atoms with Gasteiger partial charge in [0.15, 0.2) is 0 Å². The van der Waals surface area contributed by atoms with Crippen LogP contribution in [-0.2, 0) is 21.4 Å². The highest BCUT2D eigenvalue weighted by molar-refractivity contribution is 7.92. The van der Waals surface area contributed by atoms with Crippen molar-refractivity contribution in [3.8, 4) is 0 Å². The maximum absolute atomic E-state index is 13.1. The van der Waals surface area contributed by atoms with Crippen LogP contribution in [0.15, 0.2) is 54.6 Å². The van der Waals surface area contributed by atoms with E-state index in [1.807, 2.05) is 18.2 Å². The van der Waals surface area contributed by atoms with Gasteiger partial charge in [-0.3, -0.25) is 14.0 Å². The molecule has 1 aliphatic rings. The Morgan fingerprint density at radius 2 is 1.62 bits per heavy atom. The predicted octanol–water partition coefficient (Wildman–Crippen LogP) is 2.84. The topological polar surface area (TPSA) is 60.9 Å². The van der Waals surface area contributed by atoms with E-state index < -0.39 is 16.1 Å². The highest BCUT2D eigenvalue weighted by Crippen LogP contribution is 2.24. The minimum Gasteiger partial charge on any atom is -0.338 e. The van der Waals surface area contributed by atoms with Crippen LogP contribution in [0.4, 0.5) is 5.69 Å². The number of benzene rings is 2. The van der Waals surface area contributed by atoms with Crippen molar-refractivity contribution in [2.45, 2.75) is 19.5 Å². The van der Waals surface area contributed by atoms with Gasteiger partial charge in [-0.1, -0.05) is 41.9 Å². The fourth-order valence-corrected chi connectivity index (χ4v) is 4.92. The normalized spacial score (nSPS) is 16.4. The molecule has 2 aromatic carbocycles. The van der Waals surface area contributed by atoms with Crippen LogP contribution in [0.5, 0.6) is 0 Å². The Labute approximate surface area is 177 Å². The number of hydrogen-bond donors (Lipinski definition) is 0. The largest absolute Gasteiger partial charge is 0.338 e. The van der Waals surface area contributed by atoms with Crippen LogP contribution in [0.2, 0.25) is 5.02 Å². The number of sulfonamides is 1. The molecule has 1 aliphatic heterocycles. The smallest absolute Gasteiger partial charge is 0.246 e. The van der Waals surface area contributed by atoms with Crippen molar-refractivity contribution in [2.75, 3.05) is 36.7 Å². The molecule has 6 nitrogen and oxygen atoms in total. The van der Waals surface area contributed by atoms with E-state index in [1.54, 1.807) is 36.1 Å². The molecule has 1 amide bonds. The van der Waals surface area contributed by atoms with E-state index in [2.05, 4.69) is 17.0 Å². The molecule has 0 aromatic heterocycles. The van der Waals surface area contributed by atoms with E-state index in [4.69, 9.17) is 11.6 Å². The van der Waals surface area contributed by atoms with Crippen molar-refractivity contribution < 1.29 is 13.2 Å². The van der Waals surface area contributed by atoms with Gasteiger partial charge in [0.25, 0.3) is 0 Å². The van der Waals surface area contributed by atoms with E-state index in [0.29, 0.717) is 23.8 Å². The van der Waals surface area contributed by atoms with Crippen molar-refractivity contribution in [3.63, 3.8) is 0 Å². The molecule has 1 heterocycles. The molecule has 1 saturated heterocycles. The first-order chi connectivity index (χ1) is 13.8. The van der Waals surface area contributed by atoms with Crippen molar-refractivity contribution >= 4 is 33.2 Å². The van der Waals surface area contributed by atoms with Crippen LogP contribution in [-0.4, -0.2) is 62.6 Å². The van der Waals surface area contributed by atoms with E-state index >= 15 is 0 Å². The lowest BCUT2D eigenvalue weighted by Gasteiger charge is -2.38. The highest BCUT2D eigenvalue weighted by Gasteiger charge is 2.33. The number of amides is 1. The predicted molar refractivity (Wildman–Crippen MR) is 117 cm³/mol.